The molecule has 0 aliphatic carbocycles. The fourth-order valence-electron chi connectivity index (χ4n) is 2.80. The number of aromatic amines is 1. The summed E-state index contributed by atoms with van der Waals surface area (Å²) >= 11 is -1.33. The number of H-pyrrole nitrogens is 1. The number of nitrogens with zero attached hydrogens (tertiary/aromatic N) is 2. The first-order valence-electron chi connectivity index (χ1n) is 9.08. The SMILES string of the molecule is COCCOCCOc1c(C)cnc(C[S+]([O-])c2nc3ccccc3[nH]2)c1C. The van der Waals surface area contributed by atoms with Crippen molar-refractivity contribution in [3.63, 3.8) is 0 Å². The number of pyridine rings is 1. The van der Waals surface area contributed by atoms with Crippen molar-refractivity contribution in [1.29, 1.82) is 0 Å². The van der Waals surface area contributed by atoms with Crippen LogP contribution in [0.4, 0.5) is 0 Å². The van der Waals surface area contributed by atoms with Crippen LogP contribution in [0, 0.1) is 13.8 Å². The minimum atomic E-state index is -1.33. The molecule has 1 atom stereocenters. The van der Waals surface area contributed by atoms with Crippen LogP contribution in [0.15, 0.2) is 35.6 Å². The molecule has 1 aromatic carbocycles. The highest BCUT2D eigenvalue weighted by molar-refractivity contribution is 7.90. The lowest BCUT2D eigenvalue weighted by Crippen LogP contribution is -2.13. The summed E-state index contributed by atoms with van der Waals surface area (Å²) < 4.78 is 29.1. The number of rotatable bonds is 10. The quantitative estimate of drug-likeness (QED) is 0.413. The van der Waals surface area contributed by atoms with Gasteiger partial charge in [-0.15, -0.1) is 0 Å². The highest BCUT2D eigenvalue weighted by atomic mass is 32.2. The van der Waals surface area contributed by atoms with Crippen molar-refractivity contribution in [3.05, 3.63) is 47.3 Å². The van der Waals surface area contributed by atoms with Crippen molar-refractivity contribution in [3.8, 4) is 5.75 Å². The van der Waals surface area contributed by atoms with Crippen molar-refractivity contribution >= 4 is 22.2 Å². The van der Waals surface area contributed by atoms with Crippen molar-refractivity contribution in [2.75, 3.05) is 33.5 Å². The standard InChI is InChI=1S/C20H25N3O4S/c1-14-12-21-18(15(2)19(14)27-11-10-26-9-8-25-3)13-28(24)20-22-16-6-4-5-7-17(16)23-20/h4-7,12H,8-11,13H2,1-3H3,(H,22,23). The molecule has 0 bridgehead atoms. The fourth-order valence-corrected chi connectivity index (χ4v) is 3.90. The lowest BCUT2D eigenvalue weighted by Gasteiger charge is -2.15. The molecule has 0 fully saturated rings. The second-order valence-corrected chi connectivity index (χ2v) is 7.71. The number of methoxy groups -OCH3 is 1. The average Bonchev–Trinajstić information content (AvgIpc) is 3.13. The lowest BCUT2D eigenvalue weighted by molar-refractivity contribution is 0.0542. The van der Waals surface area contributed by atoms with E-state index in [1.54, 1.807) is 13.3 Å². The molecule has 0 aliphatic heterocycles. The maximum atomic E-state index is 12.8. The number of aromatic nitrogens is 3. The normalized spacial score (nSPS) is 12.4. The molecule has 8 heteroatoms. The van der Waals surface area contributed by atoms with Crippen LogP contribution >= 0.6 is 0 Å². The van der Waals surface area contributed by atoms with Gasteiger partial charge < -0.3 is 18.8 Å². The summed E-state index contributed by atoms with van der Waals surface area (Å²) in [6, 6.07) is 7.63. The molecular formula is C20H25N3O4S. The summed E-state index contributed by atoms with van der Waals surface area (Å²) in [6.45, 7) is 5.89. The van der Waals surface area contributed by atoms with Crippen LogP contribution in [-0.2, 0) is 26.4 Å². The van der Waals surface area contributed by atoms with Crippen LogP contribution in [0.5, 0.6) is 5.75 Å². The zero-order valence-electron chi connectivity index (χ0n) is 16.4. The van der Waals surface area contributed by atoms with E-state index >= 15 is 0 Å². The molecule has 3 rings (SSSR count). The molecule has 0 amide bonds. The van der Waals surface area contributed by atoms with Gasteiger partial charge in [0.15, 0.2) is 5.75 Å². The van der Waals surface area contributed by atoms with Crippen LogP contribution < -0.4 is 4.74 Å². The third kappa shape index (κ3) is 5.02. The molecule has 0 spiro atoms. The summed E-state index contributed by atoms with van der Waals surface area (Å²) in [5, 5.41) is 0.456. The number of ether oxygens (including phenoxy) is 3. The van der Waals surface area contributed by atoms with Gasteiger partial charge in [-0.05, 0) is 26.0 Å². The minimum Gasteiger partial charge on any atom is -0.609 e. The van der Waals surface area contributed by atoms with Gasteiger partial charge >= 0.3 is 5.16 Å². The van der Waals surface area contributed by atoms with E-state index < -0.39 is 11.2 Å². The van der Waals surface area contributed by atoms with Gasteiger partial charge in [-0.1, -0.05) is 12.1 Å². The summed E-state index contributed by atoms with van der Waals surface area (Å²) in [5.74, 6) is 1.04. The molecule has 0 radical (unpaired) electrons. The first kappa shape index (κ1) is 20.6. The Hall–Kier alpha value is -2.13. The number of aryl methyl sites for hydroxylation is 1. The van der Waals surface area contributed by atoms with Gasteiger partial charge in [-0.3, -0.25) is 9.97 Å². The molecule has 2 aromatic heterocycles. The number of hydrogen-bond donors (Lipinski definition) is 1. The summed E-state index contributed by atoms with van der Waals surface area (Å²) in [4.78, 5) is 12.0. The molecule has 1 N–H and O–H groups in total. The van der Waals surface area contributed by atoms with Crippen molar-refractivity contribution in [2.45, 2.75) is 24.8 Å². The van der Waals surface area contributed by atoms with E-state index in [2.05, 4.69) is 15.0 Å². The van der Waals surface area contributed by atoms with E-state index in [0.717, 1.165) is 33.6 Å². The van der Waals surface area contributed by atoms with Crippen molar-refractivity contribution in [2.24, 2.45) is 0 Å². The third-order valence-corrected chi connectivity index (χ3v) is 5.46. The number of nitrogens with one attached hydrogen (secondary N) is 1. The molecule has 7 nitrogen and oxygen atoms in total. The van der Waals surface area contributed by atoms with E-state index in [9.17, 15) is 4.55 Å². The minimum absolute atomic E-state index is 0.270. The molecule has 28 heavy (non-hydrogen) atoms. The summed E-state index contributed by atoms with van der Waals surface area (Å²) in [7, 11) is 1.64. The highest BCUT2D eigenvalue weighted by Gasteiger charge is 2.21. The van der Waals surface area contributed by atoms with Gasteiger partial charge in [-0.25, -0.2) is 0 Å². The van der Waals surface area contributed by atoms with E-state index in [4.69, 9.17) is 14.2 Å². The van der Waals surface area contributed by atoms with Gasteiger partial charge in [0.25, 0.3) is 0 Å². The van der Waals surface area contributed by atoms with Crippen LogP contribution in [0.1, 0.15) is 16.8 Å². The van der Waals surface area contributed by atoms with Gasteiger partial charge in [-0.2, -0.15) is 4.98 Å². The van der Waals surface area contributed by atoms with Crippen LogP contribution in [0.25, 0.3) is 11.0 Å². The summed E-state index contributed by atoms with van der Waals surface area (Å²) in [6.07, 6.45) is 1.75. The van der Waals surface area contributed by atoms with E-state index in [0.29, 0.717) is 31.6 Å². The van der Waals surface area contributed by atoms with Gasteiger partial charge in [0.05, 0.1) is 36.5 Å². The Kier molecular flexibility index (Phi) is 7.27. The number of para-hydroxylation sites is 2. The van der Waals surface area contributed by atoms with Crippen molar-refractivity contribution < 1.29 is 18.8 Å². The lowest BCUT2D eigenvalue weighted by atomic mass is 10.1. The Bertz CT molecular complexity index is 883. The van der Waals surface area contributed by atoms with Gasteiger partial charge in [0, 0.05) is 35.6 Å². The van der Waals surface area contributed by atoms with E-state index in [-0.39, 0.29) is 5.75 Å². The number of fused-ring (bicyclic) bond motifs is 1. The van der Waals surface area contributed by atoms with Crippen LogP contribution in [-0.4, -0.2) is 53.0 Å². The molecule has 2 heterocycles. The monoisotopic (exact) mass is 403 g/mol. The Morgan fingerprint density at radius 2 is 1.89 bits per heavy atom. The molecule has 0 saturated heterocycles. The molecule has 0 saturated carbocycles. The smallest absolute Gasteiger partial charge is 0.322 e. The van der Waals surface area contributed by atoms with Gasteiger partial charge in [0.2, 0.25) is 0 Å². The second kappa shape index (κ2) is 9.88. The predicted molar refractivity (Wildman–Crippen MR) is 108 cm³/mol. The highest BCUT2D eigenvalue weighted by Crippen LogP contribution is 2.27. The molecule has 3 aromatic rings. The first-order chi connectivity index (χ1) is 13.6. The first-order valence-corrected chi connectivity index (χ1v) is 10.4. The summed E-state index contributed by atoms with van der Waals surface area (Å²) in [5.41, 5.74) is 4.24. The van der Waals surface area contributed by atoms with Crippen molar-refractivity contribution in [1.82, 2.24) is 15.0 Å². The van der Waals surface area contributed by atoms with E-state index in [1.807, 2.05) is 38.1 Å². The molecule has 1 unspecified atom stereocenters. The number of hydrogen-bond acceptors (Lipinski definition) is 6. The van der Waals surface area contributed by atoms with Gasteiger partial charge in [0.1, 0.15) is 12.4 Å². The second-order valence-electron chi connectivity index (χ2n) is 6.34. The maximum absolute atomic E-state index is 12.8. The number of benzene rings is 1. The average molecular weight is 404 g/mol. The Labute approximate surface area is 167 Å². The Morgan fingerprint density at radius 1 is 1.11 bits per heavy atom. The maximum Gasteiger partial charge on any atom is 0.322 e. The Balaban J connectivity index is 1.66. The van der Waals surface area contributed by atoms with Crippen LogP contribution in [0.3, 0.4) is 0 Å². The fraction of sp³-hybridized carbons (Fsp3) is 0.400. The zero-order chi connectivity index (χ0) is 19.9. The zero-order valence-corrected chi connectivity index (χ0v) is 17.2. The molecule has 0 aliphatic rings. The third-order valence-electron chi connectivity index (χ3n) is 4.30. The van der Waals surface area contributed by atoms with E-state index in [1.165, 1.54) is 0 Å². The van der Waals surface area contributed by atoms with Crippen LogP contribution in [0.2, 0.25) is 0 Å². The topological polar surface area (TPSA) is 92.3 Å². The predicted octanol–water partition coefficient (Wildman–Crippen LogP) is 2.92. The molecule has 150 valence electrons. The Morgan fingerprint density at radius 3 is 2.68 bits per heavy atom. The number of imidazole rings is 1. The molecular weight excluding hydrogens is 378 g/mol. The largest absolute Gasteiger partial charge is 0.609 e.